The Morgan fingerprint density at radius 3 is 2.81 bits per heavy atom. The van der Waals surface area contributed by atoms with Crippen LogP contribution in [0.15, 0.2) is 0 Å². The van der Waals surface area contributed by atoms with Gasteiger partial charge in [-0.25, -0.2) is 0 Å². The molecule has 5 heteroatoms. The molecule has 90 valence electrons. The zero-order valence-corrected chi connectivity index (χ0v) is 11.1. The highest BCUT2D eigenvalue weighted by Gasteiger charge is 2.30. The summed E-state index contributed by atoms with van der Waals surface area (Å²) in [6, 6.07) is 0. The van der Waals surface area contributed by atoms with E-state index in [4.69, 9.17) is 16.3 Å². The lowest BCUT2D eigenvalue weighted by Gasteiger charge is -2.34. The molecule has 0 bridgehead atoms. The number of rotatable bonds is 6. The smallest absolute Gasteiger partial charge is 0.118 e. The minimum Gasteiger partial charge on any atom is -0.378 e. The SMILES string of the molecule is CCOC1CC(Cc2nnc(CCCl)s2)C1. The van der Waals surface area contributed by atoms with E-state index in [-0.39, 0.29) is 0 Å². The van der Waals surface area contributed by atoms with Gasteiger partial charge in [-0.2, -0.15) is 0 Å². The highest BCUT2D eigenvalue weighted by molar-refractivity contribution is 7.11. The van der Waals surface area contributed by atoms with Crippen LogP contribution >= 0.6 is 22.9 Å². The fourth-order valence-corrected chi connectivity index (χ4v) is 3.26. The van der Waals surface area contributed by atoms with Crippen molar-refractivity contribution in [3.63, 3.8) is 0 Å². The summed E-state index contributed by atoms with van der Waals surface area (Å²) in [6.45, 7) is 2.88. The molecule has 3 nitrogen and oxygen atoms in total. The van der Waals surface area contributed by atoms with Gasteiger partial charge in [-0.1, -0.05) is 0 Å². The maximum atomic E-state index is 5.67. The van der Waals surface area contributed by atoms with Gasteiger partial charge in [-0.05, 0) is 25.7 Å². The molecule has 1 aliphatic carbocycles. The Hall–Kier alpha value is -0.190. The fourth-order valence-electron chi connectivity index (χ4n) is 2.01. The van der Waals surface area contributed by atoms with Gasteiger partial charge >= 0.3 is 0 Å². The quantitative estimate of drug-likeness (QED) is 0.738. The largest absolute Gasteiger partial charge is 0.378 e. The van der Waals surface area contributed by atoms with E-state index in [0.29, 0.717) is 12.0 Å². The van der Waals surface area contributed by atoms with Crippen LogP contribution < -0.4 is 0 Å². The Balaban J connectivity index is 1.73. The van der Waals surface area contributed by atoms with Crippen LogP contribution in [-0.2, 0) is 17.6 Å². The van der Waals surface area contributed by atoms with Crippen molar-refractivity contribution in [1.29, 1.82) is 0 Å². The first-order valence-electron chi connectivity index (χ1n) is 5.80. The second-order valence-corrected chi connectivity index (χ2v) is 5.67. The van der Waals surface area contributed by atoms with Gasteiger partial charge in [0.2, 0.25) is 0 Å². The lowest BCUT2D eigenvalue weighted by atomic mass is 9.80. The van der Waals surface area contributed by atoms with E-state index in [1.807, 2.05) is 0 Å². The van der Waals surface area contributed by atoms with E-state index in [1.165, 1.54) is 12.8 Å². The van der Waals surface area contributed by atoms with E-state index in [9.17, 15) is 0 Å². The molecular formula is C11H17ClN2OS. The normalized spacial score (nSPS) is 24.4. The Labute approximate surface area is 105 Å². The van der Waals surface area contributed by atoms with Gasteiger partial charge in [0, 0.05) is 25.3 Å². The van der Waals surface area contributed by atoms with E-state index in [2.05, 4.69) is 17.1 Å². The third kappa shape index (κ3) is 3.15. The van der Waals surface area contributed by atoms with E-state index >= 15 is 0 Å². The molecule has 0 atom stereocenters. The summed E-state index contributed by atoms with van der Waals surface area (Å²) in [5, 5.41) is 10.5. The van der Waals surface area contributed by atoms with Gasteiger partial charge in [-0.3, -0.25) is 0 Å². The van der Waals surface area contributed by atoms with Crippen molar-refractivity contribution >= 4 is 22.9 Å². The molecule has 1 fully saturated rings. The topological polar surface area (TPSA) is 35.0 Å². The zero-order valence-electron chi connectivity index (χ0n) is 9.49. The van der Waals surface area contributed by atoms with Crippen LogP contribution in [0.3, 0.4) is 0 Å². The first-order valence-corrected chi connectivity index (χ1v) is 7.15. The average molecular weight is 261 g/mol. The highest BCUT2D eigenvalue weighted by Crippen LogP contribution is 2.33. The number of hydrogen-bond acceptors (Lipinski definition) is 4. The Morgan fingerprint density at radius 1 is 1.38 bits per heavy atom. The number of ether oxygens (including phenoxy) is 1. The second kappa shape index (κ2) is 5.94. The van der Waals surface area contributed by atoms with Crippen molar-refractivity contribution in [2.24, 2.45) is 5.92 Å². The van der Waals surface area contributed by atoms with E-state index in [1.54, 1.807) is 11.3 Å². The van der Waals surface area contributed by atoms with Crippen molar-refractivity contribution in [1.82, 2.24) is 10.2 Å². The summed E-state index contributed by atoms with van der Waals surface area (Å²) in [7, 11) is 0. The van der Waals surface area contributed by atoms with Crippen molar-refractivity contribution in [2.45, 2.75) is 38.7 Å². The summed E-state index contributed by atoms with van der Waals surface area (Å²) in [5.74, 6) is 1.37. The molecule has 0 aromatic carbocycles. The summed E-state index contributed by atoms with van der Waals surface area (Å²) in [6.07, 6.45) is 4.75. The average Bonchev–Trinajstić information content (AvgIpc) is 2.63. The van der Waals surface area contributed by atoms with Crippen LogP contribution in [0.1, 0.15) is 29.8 Å². The van der Waals surface area contributed by atoms with Gasteiger partial charge in [-0.15, -0.1) is 33.1 Å². The Kier molecular flexibility index (Phi) is 4.55. The van der Waals surface area contributed by atoms with Crippen LogP contribution in [0.25, 0.3) is 0 Å². The molecule has 0 unspecified atom stereocenters. The third-order valence-corrected chi connectivity index (χ3v) is 4.07. The standard InChI is InChI=1S/C11H17ClN2OS/c1-2-15-9-5-8(6-9)7-11-14-13-10(16-11)3-4-12/h8-9H,2-7H2,1H3. The molecule has 2 rings (SSSR count). The number of hydrogen-bond donors (Lipinski definition) is 0. The number of aromatic nitrogens is 2. The molecule has 0 amide bonds. The number of nitrogens with zero attached hydrogens (tertiary/aromatic N) is 2. The Morgan fingerprint density at radius 2 is 2.12 bits per heavy atom. The van der Waals surface area contributed by atoms with Crippen LogP contribution in [0, 0.1) is 5.92 Å². The molecule has 0 aliphatic heterocycles. The monoisotopic (exact) mass is 260 g/mol. The van der Waals surface area contributed by atoms with Gasteiger partial charge in [0.1, 0.15) is 10.0 Å². The van der Waals surface area contributed by atoms with Crippen LogP contribution in [0.4, 0.5) is 0 Å². The van der Waals surface area contributed by atoms with Gasteiger partial charge < -0.3 is 4.74 Å². The van der Waals surface area contributed by atoms with Crippen LogP contribution in [0.5, 0.6) is 0 Å². The van der Waals surface area contributed by atoms with Gasteiger partial charge in [0.25, 0.3) is 0 Å². The minimum atomic E-state index is 0.491. The number of alkyl halides is 1. The van der Waals surface area contributed by atoms with E-state index < -0.39 is 0 Å². The first-order chi connectivity index (χ1) is 7.81. The third-order valence-electron chi connectivity index (χ3n) is 2.88. The molecule has 0 radical (unpaired) electrons. The van der Waals surface area contributed by atoms with Crippen molar-refractivity contribution in [3.05, 3.63) is 10.0 Å². The number of aryl methyl sites for hydroxylation is 1. The maximum Gasteiger partial charge on any atom is 0.118 e. The second-order valence-electron chi connectivity index (χ2n) is 4.15. The first kappa shape index (κ1) is 12.3. The molecule has 1 heterocycles. The molecule has 1 aliphatic rings. The van der Waals surface area contributed by atoms with Crippen LogP contribution in [-0.4, -0.2) is 28.8 Å². The predicted molar refractivity (Wildman–Crippen MR) is 66.2 cm³/mol. The number of halogens is 1. The lowest BCUT2D eigenvalue weighted by Crippen LogP contribution is -2.32. The predicted octanol–water partition coefficient (Wildman–Crippen LogP) is 2.68. The maximum absolute atomic E-state index is 5.67. The lowest BCUT2D eigenvalue weighted by molar-refractivity contribution is -0.0240. The fraction of sp³-hybridized carbons (Fsp3) is 0.818. The highest BCUT2D eigenvalue weighted by atomic mass is 35.5. The van der Waals surface area contributed by atoms with Gasteiger partial charge in [0.05, 0.1) is 6.10 Å². The molecular weight excluding hydrogens is 244 g/mol. The summed E-state index contributed by atoms with van der Waals surface area (Å²) in [4.78, 5) is 0. The summed E-state index contributed by atoms with van der Waals surface area (Å²) >= 11 is 7.37. The Bertz CT molecular complexity index is 326. The molecule has 1 aromatic heterocycles. The molecule has 0 spiro atoms. The van der Waals surface area contributed by atoms with E-state index in [0.717, 1.165) is 35.4 Å². The molecule has 16 heavy (non-hydrogen) atoms. The molecule has 1 saturated carbocycles. The molecule has 0 N–H and O–H groups in total. The molecule has 0 saturated heterocycles. The van der Waals surface area contributed by atoms with Crippen molar-refractivity contribution in [3.8, 4) is 0 Å². The van der Waals surface area contributed by atoms with Crippen molar-refractivity contribution < 1.29 is 4.74 Å². The summed E-state index contributed by atoms with van der Waals surface area (Å²) < 4.78 is 5.54. The summed E-state index contributed by atoms with van der Waals surface area (Å²) in [5.41, 5.74) is 0. The van der Waals surface area contributed by atoms with Crippen molar-refractivity contribution in [2.75, 3.05) is 12.5 Å². The molecule has 1 aromatic rings. The van der Waals surface area contributed by atoms with Crippen LogP contribution in [0.2, 0.25) is 0 Å². The van der Waals surface area contributed by atoms with Gasteiger partial charge in [0.15, 0.2) is 0 Å². The zero-order chi connectivity index (χ0) is 11.4. The minimum absolute atomic E-state index is 0.491.